The average molecular weight is 380 g/mol. The van der Waals surface area contributed by atoms with Gasteiger partial charge in [-0.15, -0.1) is 0 Å². The number of hydrogen-bond donors (Lipinski definition) is 0. The van der Waals surface area contributed by atoms with Gasteiger partial charge in [0.1, 0.15) is 0 Å². The molecule has 0 saturated carbocycles. The first-order chi connectivity index (χ1) is 9.83. The minimum Gasteiger partial charge on any atom is -0.460 e. The van der Waals surface area contributed by atoms with Gasteiger partial charge in [-0.05, 0) is 0 Å². The van der Waals surface area contributed by atoms with Crippen molar-refractivity contribution in [3.8, 4) is 0 Å². The van der Waals surface area contributed by atoms with Crippen LogP contribution >= 0.6 is 0 Å². The first-order valence-electron chi connectivity index (χ1n) is 4.74. The standard InChI is InChI=1S/C8H2F14O/c9-2(10)3(11)23-1-4(12,13)5(14,15)6(16,17)7(18,19)8(20,21)22/h1H2. The molecule has 138 valence electrons. The summed E-state index contributed by atoms with van der Waals surface area (Å²) in [5.41, 5.74) is 0. The van der Waals surface area contributed by atoms with Gasteiger partial charge in [-0.1, -0.05) is 0 Å². The molecule has 0 aliphatic carbocycles. The predicted molar refractivity (Wildman–Crippen MR) is 42.1 cm³/mol. The van der Waals surface area contributed by atoms with Crippen molar-refractivity contribution >= 4 is 0 Å². The second-order valence-corrected chi connectivity index (χ2v) is 3.75. The summed E-state index contributed by atoms with van der Waals surface area (Å²) in [6, 6.07) is -3.24. The molecule has 0 rings (SSSR count). The van der Waals surface area contributed by atoms with Gasteiger partial charge >= 0.3 is 42.0 Å². The van der Waals surface area contributed by atoms with Gasteiger partial charge in [0.25, 0.3) is 0 Å². The zero-order valence-electron chi connectivity index (χ0n) is 9.91. The molecule has 15 heteroatoms. The van der Waals surface area contributed by atoms with Gasteiger partial charge in [-0.25, -0.2) is 0 Å². The van der Waals surface area contributed by atoms with Crippen LogP contribution in [0.5, 0.6) is 0 Å². The molecule has 0 aliphatic heterocycles. The van der Waals surface area contributed by atoms with E-state index in [9.17, 15) is 61.5 Å². The molecule has 23 heavy (non-hydrogen) atoms. The Morgan fingerprint density at radius 2 is 1.00 bits per heavy atom. The van der Waals surface area contributed by atoms with E-state index < -0.39 is 48.6 Å². The fourth-order valence-corrected chi connectivity index (χ4v) is 0.904. The molecular weight excluding hydrogens is 378 g/mol. The number of alkyl halides is 11. The molecule has 0 atom stereocenters. The Labute approximate surface area is 116 Å². The van der Waals surface area contributed by atoms with Crippen molar-refractivity contribution in [2.45, 2.75) is 29.9 Å². The summed E-state index contributed by atoms with van der Waals surface area (Å²) >= 11 is 0. The molecule has 0 N–H and O–H groups in total. The lowest BCUT2D eigenvalue weighted by Crippen LogP contribution is -2.67. The van der Waals surface area contributed by atoms with Gasteiger partial charge in [-0.3, -0.25) is 0 Å². The maximum atomic E-state index is 12.8. The molecule has 0 radical (unpaired) electrons. The summed E-state index contributed by atoms with van der Waals surface area (Å²) in [6.45, 7) is -3.37. The maximum Gasteiger partial charge on any atom is 0.460 e. The van der Waals surface area contributed by atoms with Crippen LogP contribution in [0.3, 0.4) is 0 Å². The number of halogens is 14. The quantitative estimate of drug-likeness (QED) is 0.458. The van der Waals surface area contributed by atoms with Crippen LogP contribution in [-0.2, 0) is 4.74 Å². The lowest BCUT2D eigenvalue weighted by atomic mass is 9.98. The highest BCUT2D eigenvalue weighted by molar-refractivity contribution is 5.06. The fraction of sp³-hybridized carbons (Fsp3) is 0.750. The monoisotopic (exact) mass is 380 g/mol. The summed E-state index contributed by atoms with van der Waals surface area (Å²) < 4.78 is 173. The van der Waals surface area contributed by atoms with Gasteiger partial charge < -0.3 is 4.74 Å². The molecule has 0 aliphatic rings. The third-order valence-corrected chi connectivity index (χ3v) is 2.13. The Morgan fingerprint density at radius 3 is 1.30 bits per heavy atom. The van der Waals surface area contributed by atoms with E-state index in [-0.39, 0.29) is 0 Å². The van der Waals surface area contributed by atoms with E-state index in [1.165, 1.54) is 0 Å². The molecule has 0 aromatic carbocycles. The highest BCUT2D eigenvalue weighted by atomic mass is 19.4. The zero-order valence-corrected chi connectivity index (χ0v) is 9.91. The smallest absolute Gasteiger partial charge is 0.460 e. The van der Waals surface area contributed by atoms with Gasteiger partial charge in [0.05, 0.1) is 0 Å². The van der Waals surface area contributed by atoms with Crippen molar-refractivity contribution in [3.05, 3.63) is 12.1 Å². The summed E-state index contributed by atoms with van der Waals surface area (Å²) in [4.78, 5) is 0. The van der Waals surface area contributed by atoms with Gasteiger partial charge in [0, 0.05) is 0 Å². The Kier molecular flexibility index (Phi) is 5.52. The van der Waals surface area contributed by atoms with Gasteiger partial charge in [-0.2, -0.15) is 61.5 Å². The zero-order chi connectivity index (χ0) is 19.1. The normalized spacial score (nSPS) is 14.7. The Hall–Kier alpha value is -1.44. The van der Waals surface area contributed by atoms with E-state index in [1.807, 2.05) is 0 Å². The van der Waals surface area contributed by atoms with E-state index in [0.29, 0.717) is 0 Å². The van der Waals surface area contributed by atoms with E-state index >= 15 is 0 Å². The molecule has 0 amide bonds. The Morgan fingerprint density at radius 1 is 0.609 bits per heavy atom. The maximum absolute atomic E-state index is 12.8. The van der Waals surface area contributed by atoms with Crippen LogP contribution in [0.25, 0.3) is 0 Å². The molecular formula is C8H2F14O. The van der Waals surface area contributed by atoms with E-state index in [1.54, 1.807) is 0 Å². The average Bonchev–Trinajstić information content (AvgIpc) is 2.33. The molecule has 0 fully saturated rings. The molecule has 0 saturated heterocycles. The molecule has 0 aromatic rings. The van der Waals surface area contributed by atoms with Crippen molar-refractivity contribution < 1.29 is 66.2 Å². The van der Waals surface area contributed by atoms with Gasteiger partial charge in [0.15, 0.2) is 6.61 Å². The molecule has 0 aromatic heterocycles. The minimum atomic E-state index is -7.71. The second-order valence-electron chi connectivity index (χ2n) is 3.75. The first-order valence-corrected chi connectivity index (χ1v) is 4.74. The molecule has 0 unspecified atom stereocenters. The van der Waals surface area contributed by atoms with Crippen molar-refractivity contribution in [2.75, 3.05) is 6.61 Å². The van der Waals surface area contributed by atoms with Crippen LogP contribution in [-0.4, -0.2) is 36.5 Å². The summed E-state index contributed by atoms with van der Waals surface area (Å²) in [7, 11) is 0. The highest BCUT2D eigenvalue weighted by Crippen LogP contribution is 2.57. The predicted octanol–water partition coefficient (Wildman–Crippen LogP) is 5.14. The van der Waals surface area contributed by atoms with E-state index in [4.69, 9.17) is 0 Å². The highest BCUT2D eigenvalue weighted by Gasteiger charge is 2.87. The third kappa shape index (κ3) is 3.57. The van der Waals surface area contributed by atoms with Crippen LogP contribution in [0, 0.1) is 0 Å². The number of ether oxygens (including phenoxy) is 1. The van der Waals surface area contributed by atoms with E-state index in [2.05, 4.69) is 4.74 Å². The van der Waals surface area contributed by atoms with Gasteiger partial charge in [0.2, 0.25) is 0 Å². The number of hydrogen-bond acceptors (Lipinski definition) is 1. The van der Waals surface area contributed by atoms with Crippen LogP contribution < -0.4 is 0 Å². The molecule has 0 heterocycles. The summed E-state index contributed by atoms with van der Waals surface area (Å²) in [6.07, 6.45) is -10.9. The Balaban J connectivity index is 5.72. The first kappa shape index (κ1) is 21.6. The molecule has 0 bridgehead atoms. The van der Waals surface area contributed by atoms with Crippen molar-refractivity contribution in [2.24, 2.45) is 0 Å². The van der Waals surface area contributed by atoms with Crippen molar-refractivity contribution in [1.29, 1.82) is 0 Å². The Bertz CT molecular complexity index is 456. The molecule has 1 nitrogen and oxygen atoms in total. The summed E-state index contributed by atoms with van der Waals surface area (Å²) in [5, 5.41) is 0. The van der Waals surface area contributed by atoms with Crippen LogP contribution in [0.1, 0.15) is 0 Å². The van der Waals surface area contributed by atoms with Crippen LogP contribution in [0.15, 0.2) is 12.1 Å². The minimum absolute atomic E-state index is 2.62. The van der Waals surface area contributed by atoms with Crippen LogP contribution in [0.4, 0.5) is 61.5 Å². The lowest BCUT2D eigenvalue weighted by molar-refractivity contribution is -0.424. The SMILES string of the molecule is FC(F)=C(F)OCC(F)(F)C(F)(F)C(F)(F)C(F)(F)C(F)(F)F. The second kappa shape index (κ2) is 5.89. The number of rotatable bonds is 6. The fourth-order valence-electron chi connectivity index (χ4n) is 0.904. The third-order valence-electron chi connectivity index (χ3n) is 2.13. The summed E-state index contributed by atoms with van der Waals surface area (Å²) in [5.74, 6) is -29.3. The largest absolute Gasteiger partial charge is 0.460 e. The lowest BCUT2D eigenvalue weighted by Gasteiger charge is -2.36. The van der Waals surface area contributed by atoms with E-state index in [0.717, 1.165) is 0 Å². The van der Waals surface area contributed by atoms with Crippen LogP contribution in [0.2, 0.25) is 0 Å². The van der Waals surface area contributed by atoms with Crippen molar-refractivity contribution in [3.63, 3.8) is 0 Å². The molecule has 0 spiro atoms. The van der Waals surface area contributed by atoms with Crippen molar-refractivity contribution in [1.82, 2.24) is 0 Å². The topological polar surface area (TPSA) is 9.23 Å².